The minimum absolute atomic E-state index is 0.108. The van der Waals surface area contributed by atoms with E-state index < -0.39 is 11.2 Å². The molecule has 2 heterocycles. The summed E-state index contributed by atoms with van der Waals surface area (Å²) in [4.78, 5) is 41.2. The summed E-state index contributed by atoms with van der Waals surface area (Å²) in [5, 5.41) is 3.36. The van der Waals surface area contributed by atoms with Crippen LogP contribution in [0.15, 0.2) is 21.9 Å². The van der Waals surface area contributed by atoms with Crippen molar-refractivity contribution in [3.05, 3.63) is 38.7 Å². The predicted octanol–water partition coefficient (Wildman–Crippen LogP) is 1.19. The van der Waals surface area contributed by atoms with Crippen LogP contribution >= 0.6 is 0 Å². The smallest absolute Gasteiger partial charge is 0.332 e. The second-order valence-corrected chi connectivity index (χ2v) is 7.90. The lowest BCUT2D eigenvalue weighted by Gasteiger charge is -2.28. The molecule has 2 aromatic heterocycles. The van der Waals surface area contributed by atoms with Gasteiger partial charge in [0.2, 0.25) is 0 Å². The topological polar surface area (TPSA) is 86.0 Å². The molecule has 2 aliphatic carbocycles. The molecule has 7 nitrogen and oxygen atoms in total. The zero-order chi connectivity index (χ0) is 18.6. The Labute approximate surface area is 151 Å². The third-order valence-electron chi connectivity index (χ3n) is 6.35. The van der Waals surface area contributed by atoms with Crippen LogP contribution in [0, 0.1) is 17.8 Å². The number of rotatable bonds is 3. The summed E-state index contributed by atoms with van der Waals surface area (Å²) in [6.45, 7) is 2.07. The second-order valence-electron chi connectivity index (χ2n) is 7.90. The third-order valence-corrected chi connectivity index (χ3v) is 6.35. The van der Waals surface area contributed by atoms with E-state index in [0.29, 0.717) is 11.5 Å². The largest absolute Gasteiger partial charge is 0.349 e. The van der Waals surface area contributed by atoms with Gasteiger partial charge in [-0.25, -0.2) is 9.78 Å². The van der Waals surface area contributed by atoms with Gasteiger partial charge in [-0.2, -0.15) is 0 Å². The minimum Gasteiger partial charge on any atom is -0.349 e. The van der Waals surface area contributed by atoms with Gasteiger partial charge in [0.1, 0.15) is 5.65 Å². The van der Waals surface area contributed by atoms with E-state index in [4.69, 9.17) is 0 Å². The van der Waals surface area contributed by atoms with Crippen LogP contribution in [0.1, 0.15) is 43.0 Å². The lowest BCUT2D eigenvalue weighted by molar-refractivity contribution is 0.0915. The SMILES string of the molecule is C[C@@H](NC(=O)c1cnc2c(c1)c(=O)n(C)c(=O)n2C)[C@H]1C[C@H]2CC[C@H]1C2. The number of nitrogens with one attached hydrogen (secondary N) is 1. The van der Waals surface area contributed by atoms with E-state index in [2.05, 4.69) is 17.2 Å². The van der Waals surface area contributed by atoms with Gasteiger partial charge in [0.15, 0.2) is 0 Å². The van der Waals surface area contributed by atoms with Crippen LogP contribution in [0.4, 0.5) is 0 Å². The highest BCUT2D eigenvalue weighted by Gasteiger charge is 2.42. The van der Waals surface area contributed by atoms with E-state index in [1.165, 1.54) is 49.6 Å². The number of nitrogens with zero attached hydrogens (tertiary/aromatic N) is 3. The van der Waals surface area contributed by atoms with E-state index >= 15 is 0 Å². The first-order valence-corrected chi connectivity index (χ1v) is 9.23. The Hall–Kier alpha value is -2.44. The standard InChI is InChI=1S/C19H24N4O3/c1-10(14-7-11-4-5-12(14)6-11)21-17(24)13-8-15-16(20-9-13)22(2)19(26)23(3)18(15)25/h8-12,14H,4-7H2,1-3H3,(H,21,24)/t10-,11+,12+,14-/m1/s1. The maximum Gasteiger partial charge on any atom is 0.332 e. The zero-order valence-corrected chi connectivity index (χ0v) is 15.4. The van der Waals surface area contributed by atoms with Crippen molar-refractivity contribution >= 4 is 16.9 Å². The van der Waals surface area contributed by atoms with Crippen LogP contribution in [0.3, 0.4) is 0 Å². The predicted molar refractivity (Wildman–Crippen MR) is 98.1 cm³/mol. The Morgan fingerprint density at radius 1 is 1.23 bits per heavy atom. The van der Waals surface area contributed by atoms with Gasteiger partial charge in [-0.1, -0.05) is 6.42 Å². The Balaban J connectivity index is 1.61. The molecule has 4 atom stereocenters. The Bertz CT molecular complexity index is 1010. The van der Waals surface area contributed by atoms with E-state index in [1.807, 2.05) is 0 Å². The molecule has 0 saturated heterocycles. The van der Waals surface area contributed by atoms with Gasteiger partial charge < -0.3 is 5.32 Å². The molecule has 138 valence electrons. The van der Waals surface area contributed by atoms with Crippen molar-refractivity contribution in [2.24, 2.45) is 31.8 Å². The van der Waals surface area contributed by atoms with Crippen molar-refractivity contribution in [2.75, 3.05) is 0 Å². The van der Waals surface area contributed by atoms with E-state index in [1.54, 1.807) is 7.05 Å². The van der Waals surface area contributed by atoms with Crippen molar-refractivity contribution in [1.82, 2.24) is 19.4 Å². The van der Waals surface area contributed by atoms with Crippen LogP contribution < -0.4 is 16.6 Å². The van der Waals surface area contributed by atoms with Crippen molar-refractivity contribution in [3.8, 4) is 0 Å². The molecule has 0 radical (unpaired) electrons. The molecule has 0 spiro atoms. The van der Waals surface area contributed by atoms with Gasteiger partial charge in [0.25, 0.3) is 11.5 Å². The molecule has 4 rings (SSSR count). The molecule has 0 aliphatic heterocycles. The average Bonchev–Trinajstić information content (AvgIpc) is 3.27. The van der Waals surface area contributed by atoms with Crippen molar-refractivity contribution in [1.29, 1.82) is 0 Å². The first-order chi connectivity index (χ1) is 12.4. The number of amides is 1. The molecule has 0 aromatic carbocycles. The van der Waals surface area contributed by atoms with E-state index in [0.717, 1.165) is 16.4 Å². The fourth-order valence-corrected chi connectivity index (χ4v) is 4.89. The highest BCUT2D eigenvalue weighted by atomic mass is 16.2. The minimum atomic E-state index is -0.439. The van der Waals surface area contributed by atoms with Gasteiger partial charge >= 0.3 is 5.69 Å². The van der Waals surface area contributed by atoms with Gasteiger partial charge in [-0.05, 0) is 50.0 Å². The fourth-order valence-electron chi connectivity index (χ4n) is 4.89. The zero-order valence-electron chi connectivity index (χ0n) is 15.4. The molecule has 7 heteroatoms. The third kappa shape index (κ3) is 2.57. The second kappa shape index (κ2) is 6.07. The summed E-state index contributed by atoms with van der Waals surface area (Å²) in [7, 11) is 2.99. The monoisotopic (exact) mass is 356 g/mol. The summed E-state index contributed by atoms with van der Waals surface area (Å²) >= 11 is 0. The molecule has 2 aromatic rings. The molecule has 1 N–H and O–H groups in total. The van der Waals surface area contributed by atoms with Crippen LogP contribution in [-0.4, -0.2) is 26.1 Å². The van der Waals surface area contributed by atoms with Gasteiger partial charge in [0.05, 0.1) is 10.9 Å². The first kappa shape index (κ1) is 17.0. The highest BCUT2D eigenvalue weighted by Crippen LogP contribution is 2.49. The molecule has 2 aliphatic rings. The number of aromatic nitrogens is 3. The van der Waals surface area contributed by atoms with E-state index in [9.17, 15) is 14.4 Å². The highest BCUT2D eigenvalue weighted by molar-refractivity contribution is 5.96. The maximum atomic E-state index is 12.7. The molecule has 2 bridgehead atoms. The number of hydrogen-bond acceptors (Lipinski definition) is 4. The molecule has 2 fully saturated rings. The van der Waals surface area contributed by atoms with Crippen molar-refractivity contribution in [3.63, 3.8) is 0 Å². The van der Waals surface area contributed by atoms with E-state index in [-0.39, 0.29) is 23.0 Å². The average molecular weight is 356 g/mol. The Morgan fingerprint density at radius 2 is 2.00 bits per heavy atom. The van der Waals surface area contributed by atoms with Crippen LogP contribution in [0.25, 0.3) is 11.0 Å². The first-order valence-electron chi connectivity index (χ1n) is 9.23. The number of pyridine rings is 1. The Morgan fingerprint density at radius 3 is 2.65 bits per heavy atom. The van der Waals surface area contributed by atoms with Crippen LogP contribution in [0.5, 0.6) is 0 Å². The van der Waals surface area contributed by atoms with Crippen LogP contribution in [-0.2, 0) is 14.1 Å². The van der Waals surface area contributed by atoms with Crippen molar-refractivity contribution < 1.29 is 4.79 Å². The van der Waals surface area contributed by atoms with Crippen LogP contribution in [0.2, 0.25) is 0 Å². The summed E-state index contributed by atoms with van der Waals surface area (Å²) in [6.07, 6.45) is 6.54. The van der Waals surface area contributed by atoms with Gasteiger partial charge in [-0.3, -0.25) is 18.7 Å². The number of aryl methyl sites for hydroxylation is 1. The fraction of sp³-hybridized carbons (Fsp3) is 0.579. The molecule has 26 heavy (non-hydrogen) atoms. The maximum absolute atomic E-state index is 12.7. The summed E-state index contributed by atoms with van der Waals surface area (Å²) < 4.78 is 2.35. The number of carbonyl (C=O) groups is 1. The Kier molecular flexibility index (Phi) is 3.97. The lowest BCUT2D eigenvalue weighted by Crippen LogP contribution is -2.40. The van der Waals surface area contributed by atoms with Gasteiger partial charge in [-0.15, -0.1) is 0 Å². The van der Waals surface area contributed by atoms with Crippen molar-refractivity contribution in [2.45, 2.75) is 38.6 Å². The normalized spacial score (nSPS) is 25.6. The molecule has 2 saturated carbocycles. The molecule has 0 unspecified atom stereocenters. The number of hydrogen-bond donors (Lipinski definition) is 1. The quantitative estimate of drug-likeness (QED) is 0.895. The summed E-state index contributed by atoms with van der Waals surface area (Å²) in [5.74, 6) is 1.88. The number of fused-ring (bicyclic) bond motifs is 3. The molecule has 1 amide bonds. The summed E-state index contributed by atoms with van der Waals surface area (Å²) in [6, 6.07) is 1.64. The van der Waals surface area contributed by atoms with Gasteiger partial charge in [0, 0.05) is 26.3 Å². The molecular formula is C19H24N4O3. The number of carbonyl (C=O) groups excluding carboxylic acids is 1. The summed E-state index contributed by atoms with van der Waals surface area (Å²) in [5.41, 5.74) is -0.234. The molecular weight excluding hydrogens is 332 g/mol. The lowest BCUT2D eigenvalue weighted by atomic mass is 9.84.